The number of likely N-dealkylation sites (tertiary alicyclic amines) is 1. The first kappa shape index (κ1) is 34.9. The van der Waals surface area contributed by atoms with Crippen LogP contribution in [0.25, 0.3) is 0 Å². The molecule has 1 aliphatic heterocycles. The smallest absolute Gasteiger partial charge is 0.316 e. The normalized spacial score (nSPS) is 18.6. The number of primary amides is 1. The molecule has 5 N–H and O–H groups in total. The molecule has 1 aromatic heterocycles. The molecular formula is C29H44N6O6S. The van der Waals surface area contributed by atoms with Gasteiger partial charge >= 0.3 is 6.03 Å². The third-order valence-electron chi connectivity index (χ3n) is 7.29. The van der Waals surface area contributed by atoms with Crippen LogP contribution in [0.15, 0.2) is 24.5 Å². The molecule has 232 valence electrons. The fourth-order valence-corrected chi connectivity index (χ4v) is 4.86. The number of thiol groups is 1. The second kappa shape index (κ2) is 15.8. The van der Waals surface area contributed by atoms with Gasteiger partial charge < -0.3 is 26.1 Å². The van der Waals surface area contributed by atoms with Gasteiger partial charge in [-0.25, -0.2) is 4.79 Å². The van der Waals surface area contributed by atoms with E-state index in [1.54, 1.807) is 18.3 Å². The number of aromatic nitrogens is 1. The summed E-state index contributed by atoms with van der Waals surface area (Å²) in [4.78, 5) is 77.1. The van der Waals surface area contributed by atoms with Gasteiger partial charge in [0.25, 0.3) is 5.91 Å². The molecule has 0 bridgehead atoms. The second-order valence-electron chi connectivity index (χ2n) is 12.2. The van der Waals surface area contributed by atoms with Crippen LogP contribution in [0.2, 0.25) is 0 Å². The van der Waals surface area contributed by atoms with Crippen molar-refractivity contribution in [2.75, 3.05) is 6.54 Å². The number of pyridine rings is 1. The van der Waals surface area contributed by atoms with Crippen LogP contribution >= 0.6 is 12.8 Å². The molecule has 4 atom stereocenters. The third-order valence-corrected chi connectivity index (χ3v) is 7.60. The van der Waals surface area contributed by atoms with Crippen molar-refractivity contribution in [3.63, 3.8) is 0 Å². The Morgan fingerprint density at radius 2 is 1.81 bits per heavy atom. The minimum absolute atomic E-state index is 0.162. The lowest BCUT2D eigenvalue weighted by Crippen LogP contribution is -2.59. The lowest BCUT2D eigenvalue weighted by molar-refractivity contribution is -0.138. The zero-order valence-electron chi connectivity index (χ0n) is 25.0. The zero-order valence-corrected chi connectivity index (χ0v) is 25.9. The number of Topliss-reactive ketones (excluding diaryl/α,β-unsaturated/α-hetero) is 2. The molecule has 0 spiro atoms. The van der Waals surface area contributed by atoms with E-state index in [1.807, 2.05) is 34.6 Å². The summed E-state index contributed by atoms with van der Waals surface area (Å²) in [6, 6.07) is 0.165. The number of ketones is 2. The molecule has 4 amide bonds. The fraction of sp³-hybridized carbons (Fsp3) is 0.621. The number of rotatable bonds is 12. The van der Waals surface area contributed by atoms with E-state index in [2.05, 4.69) is 33.2 Å². The Morgan fingerprint density at radius 3 is 2.29 bits per heavy atom. The average molecular weight is 605 g/mol. The SMILES string of the molecule is CC(C)C(NC(=O)NC(C(=O)N1CCCC1C=O)C(C)(C)C)C(=O)c1cccnc1.NC(=O)C(=O)C(CC1CC1)NS. The zero-order chi connectivity index (χ0) is 31.6. The van der Waals surface area contributed by atoms with E-state index < -0.39 is 47.3 Å². The van der Waals surface area contributed by atoms with Crippen LogP contribution in [-0.4, -0.2) is 76.3 Å². The number of carbonyl (C=O) groups is 6. The molecule has 0 aromatic carbocycles. The first-order chi connectivity index (χ1) is 19.7. The van der Waals surface area contributed by atoms with Gasteiger partial charge in [0.15, 0.2) is 5.78 Å². The molecule has 2 fully saturated rings. The standard InChI is InChI=1S/C22H32N4O4.C7H12N2O2S/c1-14(2)17(18(28)15-8-6-10-23-12-15)24-21(30)25-19(22(3,4)5)20(29)26-11-7-9-16(26)13-27;8-7(11)6(10)5(9-12)3-4-1-2-4/h6,8,10,12-14,16-17,19H,7,9,11H2,1-5H3,(H2,24,25,30);4-5,9,12H,1-3H2,(H2,8,11). The largest absolute Gasteiger partial charge is 0.363 e. The predicted octanol–water partition coefficient (Wildman–Crippen LogP) is 1.84. The summed E-state index contributed by atoms with van der Waals surface area (Å²) < 4.78 is 2.50. The molecule has 1 aromatic rings. The molecule has 1 aliphatic carbocycles. The minimum Gasteiger partial charge on any atom is -0.363 e. The van der Waals surface area contributed by atoms with Crippen LogP contribution in [0.1, 0.15) is 77.1 Å². The number of nitrogens with two attached hydrogens (primary N) is 1. The van der Waals surface area contributed by atoms with Gasteiger partial charge in [0, 0.05) is 24.5 Å². The van der Waals surface area contributed by atoms with Crippen molar-refractivity contribution in [2.45, 2.75) is 90.9 Å². The number of nitrogens with zero attached hydrogens (tertiary/aromatic N) is 2. The van der Waals surface area contributed by atoms with Gasteiger partial charge in [0.05, 0.1) is 18.1 Å². The highest BCUT2D eigenvalue weighted by Gasteiger charge is 2.40. The van der Waals surface area contributed by atoms with Crippen LogP contribution in [0.4, 0.5) is 4.79 Å². The quantitative estimate of drug-likeness (QED) is 0.104. The van der Waals surface area contributed by atoms with Gasteiger partial charge in [-0.05, 0) is 48.6 Å². The summed E-state index contributed by atoms with van der Waals surface area (Å²) in [5.74, 6) is -1.58. The summed E-state index contributed by atoms with van der Waals surface area (Å²) in [7, 11) is 0. The van der Waals surface area contributed by atoms with Crippen LogP contribution in [0, 0.1) is 17.3 Å². The van der Waals surface area contributed by atoms with Gasteiger partial charge in [-0.1, -0.05) is 60.3 Å². The van der Waals surface area contributed by atoms with Gasteiger partial charge in [-0.15, -0.1) is 0 Å². The Kier molecular flexibility index (Phi) is 13.1. The number of hydrogen-bond acceptors (Lipinski definition) is 9. The molecule has 4 unspecified atom stereocenters. The average Bonchev–Trinajstić information content (AvgIpc) is 3.64. The van der Waals surface area contributed by atoms with E-state index in [0.717, 1.165) is 25.5 Å². The van der Waals surface area contributed by atoms with Gasteiger partial charge in [-0.3, -0.25) is 28.9 Å². The number of aldehydes is 1. The number of carbonyl (C=O) groups excluding carboxylic acids is 6. The molecule has 1 saturated carbocycles. The molecule has 12 nitrogen and oxygen atoms in total. The van der Waals surface area contributed by atoms with Crippen molar-refractivity contribution in [3.05, 3.63) is 30.1 Å². The fourth-order valence-electron chi connectivity index (χ4n) is 4.64. The monoisotopic (exact) mass is 604 g/mol. The maximum absolute atomic E-state index is 13.1. The topological polar surface area (TPSA) is 181 Å². The summed E-state index contributed by atoms with van der Waals surface area (Å²) >= 11 is 3.77. The lowest BCUT2D eigenvalue weighted by Gasteiger charge is -2.35. The van der Waals surface area contributed by atoms with Crippen LogP contribution in [0.3, 0.4) is 0 Å². The second-order valence-corrected chi connectivity index (χ2v) is 12.5. The molecule has 2 aliphatic rings. The van der Waals surface area contributed by atoms with Gasteiger partial charge in [0.2, 0.25) is 11.7 Å². The Morgan fingerprint density at radius 1 is 1.14 bits per heavy atom. The Bertz CT molecular complexity index is 1120. The molecule has 3 rings (SSSR count). The van der Waals surface area contributed by atoms with E-state index in [9.17, 15) is 28.8 Å². The van der Waals surface area contributed by atoms with Crippen LogP contribution in [0.5, 0.6) is 0 Å². The van der Waals surface area contributed by atoms with E-state index in [-0.39, 0.29) is 17.6 Å². The van der Waals surface area contributed by atoms with Crippen molar-refractivity contribution >= 4 is 48.5 Å². The Hall–Kier alpha value is -3.32. The number of urea groups is 1. The lowest BCUT2D eigenvalue weighted by atomic mass is 9.85. The summed E-state index contributed by atoms with van der Waals surface area (Å²) in [5, 5.41) is 5.47. The predicted molar refractivity (Wildman–Crippen MR) is 160 cm³/mol. The molecule has 13 heteroatoms. The highest BCUT2D eigenvalue weighted by Crippen LogP contribution is 2.33. The first-order valence-electron chi connectivity index (χ1n) is 14.2. The van der Waals surface area contributed by atoms with Crippen molar-refractivity contribution in [1.82, 2.24) is 25.2 Å². The van der Waals surface area contributed by atoms with E-state index in [4.69, 9.17) is 5.73 Å². The number of amides is 4. The molecular weight excluding hydrogens is 560 g/mol. The summed E-state index contributed by atoms with van der Waals surface area (Å²) in [6.45, 7) is 9.72. The van der Waals surface area contributed by atoms with Crippen LogP contribution < -0.4 is 21.1 Å². The summed E-state index contributed by atoms with van der Waals surface area (Å²) in [6.07, 6.45) is 8.16. The third kappa shape index (κ3) is 10.2. The maximum atomic E-state index is 13.1. The Balaban J connectivity index is 0.000000428. The maximum Gasteiger partial charge on any atom is 0.316 e. The molecule has 42 heavy (non-hydrogen) atoms. The van der Waals surface area contributed by atoms with Crippen molar-refractivity contribution in [2.24, 2.45) is 23.0 Å². The minimum atomic E-state index is -0.887. The Labute approximate surface area is 252 Å². The van der Waals surface area contributed by atoms with E-state index in [1.165, 1.54) is 11.1 Å². The van der Waals surface area contributed by atoms with E-state index >= 15 is 0 Å². The highest BCUT2D eigenvalue weighted by molar-refractivity contribution is 7.78. The van der Waals surface area contributed by atoms with Gasteiger partial charge in [0.1, 0.15) is 12.3 Å². The highest BCUT2D eigenvalue weighted by atomic mass is 32.1. The number of nitrogens with one attached hydrogen (secondary N) is 3. The first-order valence-corrected chi connectivity index (χ1v) is 14.7. The van der Waals surface area contributed by atoms with Crippen LogP contribution in [-0.2, 0) is 19.2 Å². The van der Waals surface area contributed by atoms with Crippen molar-refractivity contribution < 1.29 is 28.8 Å². The van der Waals surface area contributed by atoms with Crippen molar-refractivity contribution in [1.29, 1.82) is 0 Å². The number of hydrogen-bond donors (Lipinski definition) is 5. The molecule has 2 heterocycles. The molecule has 0 radical (unpaired) electrons. The summed E-state index contributed by atoms with van der Waals surface area (Å²) in [5.41, 5.74) is 4.68. The molecule has 1 saturated heterocycles. The van der Waals surface area contributed by atoms with E-state index in [0.29, 0.717) is 30.9 Å². The van der Waals surface area contributed by atoms with Gasteiger partial charge in [-0.2, -0.15) is 0 Å². The van der Waals surface area contributed by atoms with Crippen molar-refractivity contribution in [3.8, 4) is 0 Å².